The van der Waals surface area contributed by atoms with Crippen LogP contribution in [0.4, 0.5) is 0 Å². The standard InChI is InChI=1S/C15H27N5O/c1-3-6-16-12(2)4-5-14-17-15(18-21-14)13-11-19-7-9-20(13)10-8-19/h12-13,16H,3-11H2,1-2H3. The SMILES string of the molecule is CCCNC(C)CCc1nc(C2CN3CCN2CC3)no1. The monoisotopic (exact) mass is 293 g/mol. The summed E-state index contributed by atoms with van der Waals surface area (Å²) in [5.74, 6) is 1.66. The molecule has 2 bridgehead atoms. The Morgan fingerprint density at radius 2 is 2.14 bits per heavy atom. The van der Waals surface area contributed by atoms with E-state index < -0.39 is 0 Å². The van der Waals surface area contributed by atoms with Crippen LogP contribution in [-0.4, -0.2) is 65.3 Å². The molecule has 2 unspecified atom stereocenters. The van der Waals surface area contributed by atoms with Crippen molar-refractivity contribution in [2.75, 3.05) is 39.3 Å². The Balaban J connectivity index is 1.52. The Bertz CT molecular complexity index is 441. The summed E-state index contributed by atoms with van der Waals surface area (Å²) in [5.41, 5.74) is 0. The van der Waals surface area contributed by atoms with Crippen molar-refractivity contribution in [3.8, 4) is 0 Å². The van der Waals surface area contributed by atoms with E-state index in [0.29, 0.717) is 12.1 Å². The van der Waals surface area contributed by atoms with Crippen LogP contribution in [0.1, 0.15) is 44.4 Å². The van der Waals surface area contributed by atoms with E-state index in [9.17, 15) is 0 Å². The highest BCUT2D eigenvalue weighted by atomic mass is 16.5. The van der Waals surface area contributed by atoms with Gasteiger partial charge in [0.2, 0.25) is 5.89 Å². The molecule has 0 amide bonds. The minimum absolute atomic E-state index is 0.334. The lowest BCUT2D eigenvalue weighted by atomic mass is 10.1. The maximum atomic E-state index is 5.45. The quantitative estimate of drug-likeness (QED) is 0.811. The molecule has 1 N–H and O–H groups in total. The molecule has 4 heterocycles. The topological polar surface area (TPSA) is 57.4 Å². The molecule has 0 aliphatic carbocycles. The van der Waals surface area contributed by atoms with E-state index in [0.717, 1.165) is 50.7 Å². The van der Waals surface area contributed by atoms with E-state index in [-0.39, 0.29) is 0 Å². The molecule has 6 nitrogen and oxygen atoms in total. The van der Waals surface area contributed by atoms with Gasteiger partial charge >= 0.3 is 0 Å². The predicted molar refractivity (Wildman–Crippen MR) is 81.1 cm³/mol. The fraction of sp³-hybridized carbons (Fsp3) is 0.867. The lowest BCUT2D eigenvalue weighted by Gasteiger charge is -2.46. The van der Waals surface area contributed by atoms with Crippen LogP contribution in [-0.2, 0) is 6.42 Å². The van der Waals surface area contributed by atoms with Crippen LogP contribution in [0.3, 0.4) is 0 Å². The molecule has 0 radical (unpaired) electrons. The van der Waals surface area contributed by atoms with Crippen molar-refractivity contribution in [1.82, 2.24) is 25.3 Å². The summed E-state index contributed by atoms with van der Waals surface area (Å²) in [6.07, 6.45) is 3.08. The fourth-order valence-electron chi connectivity index (χ4n) is 3.20. The first kappa shape index (κ1) is 14.9. The smallest absolute Gasteiger partial charge is 0.226 e. The second-order valence-corrected chi connectivity index (χ2v) is 6.29. The van der Waals surface area contributed by atoms with Gasteiger partial charge in [0.25, 0.3) is 0 Å². The van der Waals surface area contributed by atoms with Gasteiger partial charge in [-0.15, -0.1) is 0 Å². The van der Waals surface area contributed by atoms with Gasteiger partial charge in [0.1, 0.15) is 0 Å². The molecule has 0 saturated carbocycles. The first-order valence-corrected chi connectivity index (χ1v) is 8.28. The van der Waals surface area contributed by atoms with Crippen LogP contribution in [0.15, 0.2) is 4.52 Å². The normalized spacial score (nSPS) is 29.7. The summed E-state index contributed by atoms with van der Waals surface area (Å²) in [5, 5.41) is 7.71. The third-order valence-electron chi connectivity index (χ3n) is 4.59. The number of rotatable bonds is 7. The first-order valence-electron chi connectivity index (χ1n) is 8.28. The van der Waals surface area contributed by atoms with Gasteiger partial charge in [-0.05, 0) is 26.3 Å². The third-order valence-corrected chi connectivity index (χ3v) is 4.59. The van der Waals surface area contributed by atoms with Crippen LogP contribution >= 0.6 is 0 Å². The number of piperazine rings is 3. The maximum Gasteiger partial charge on any atom is 0.226 e. The van der Waals surface area contributed by atoms with Crippen LogP contribution in [0, 0.1) is 0 Å². The molecule has 0 spiro atoms. The highest BCUT2D eigenvalue weighted by Gasteiger charge is 2.35. The lowest BCUT2D eigenvalue weighted by Crippen LogP contribution is -2.57. The molecule has 118 valence electrons. The Kier molecular flexibility index (Phi) is 4.87. The number of aryl methyl sites for hydroxylation is 1. The van der Waals surface area contributed by atoms with Crippen LogP contribution in [0.2, 0.25) is 0 Å². The van der Waals surface area contributed by atoms with Crippen LogP contribution < -0.4 is 5.32 Å². The van der Waals surface area contributed by atoms with Crippen molar-refractivity contribution >= 4 is 0 Å². The highest BCUT2D eigenvalue weighted by molar-refractivity contribution is 5.01. The Morgan fingerprint density at radius 1 is 1.33 bits per heavy atom. The summed E-state index contributed by atoms with van der Waals surface area (Å²) < 4.78 is 5.45. The van der Waals surface area contributed by atoms with Gasteiger partial charge in [-0.25, -0.2) is 0 Å². The number of hydrogen-bond donors (Lipinski definition) is 1. The van der Waals surface area contributed by atoms with Gasteiger partial charge in [0, 0.05) is 45.2 Å². The Hall–Kier alpha value is -0.980. The molecule has 3 fully saturated rings. The molecular formula is C15H27N5O. The summed E-state index contributed by atoms with van der Waals surface area (Å²) in [6, 6.07) is 0.835. The molecular weight excluding hydrogens is 266 g/mol. The fourth-order valence-corrected chi connectivity index (χ4v) is 3.20. The van der Waals surface area contributed by atoms with Crippen molar-refractivity contribution in [1.29, 1.82) is 0 Å². The van der Waals surface area contributed by atoms with Gasteiger partial charge in [-0.3, -0.25) is 9.80 Å². The molecule has 0 aromatic carbocycles. The molecule has 6 heteroatoms. The van der Waals surface area contributed by atoms with Crippen molar-refractivity contribution < 1.29 is 4.52 Å². The maximum absolute atomic E-state index is 5.45. The van der Waals surface area contributed by atoms with Crippen molar-refractivity contribution in [2.24, 2.45) is 0 Å². The highest BCUT2D eigenvalue weighted by Crippen LogP contribution is 2.26. The predicted octanol–water partition coefficient (Wildman–Crippen LogP) is 1.06. The zero-order chi connectivity index (χ0) is 14.7. The van der Waals surface area contributed by atoms with Crippen molar-refractivity contribution in [2.45, 2.75) is 45.2 Å². The zero-order valence-electron chi connectivity index (χ0n) is 13.2. The molecule has 4 rings (SSSR count). The van der Waals surface area contributed by atoms with Gasteiger partial charge in [-0.2, -0.15) is 4.98 Å². The van der Waals surface area contributed by atoms with E-state index >= 15 is 0 Å². The number of nitrogens with one attached hydrogen (secondary N) is 1. The van der Waals surface area contributed by atoms with Crippen LogP contribution in [0.25, 0.3) is 0 Å². The van der Waals surface area contributed by atoms with Crippen molar-refractivity contribution in [3.63, 3.8) is 0 Å². The number of hydrogen-bond acceptors (Lipinski definition) is 6. The second kappa shape index (κ2) is 6.85. The average Bonchev–Trinajstić information content (AvgIpc) is 3.01. The third kappa shape index (κ3) is 3.62. The summed E-state index contributed by atoms with van der Waals surface area (Å²) in [7, 11) is 0. The van der Waals surface area contributed by atoms with Crippen LogP contribution in [0.5, 0.6) is 0 Å². The number of aromatic nitrogens is 2. The molecule has 3 saturated heterocycles. The molecule has 1 aromatic rings. The minimum atomic E-state index is 0.334. The average molecular weight is 293 g/mol. The van der Waals surface area contributed by atoms with Gasteiger partial charge in [0.15, 0.2) is 5.82 Å². The molecule has 2 atom stereocenters. The Labute approximate surface area is 126 Å². The minimum Gasteiger partial charge on any atom is -0.339 e. The lowest BCUT2D eigenvalue weighted by molar-refractivity contribution is 0.00781. The molecule has 3 aliphatic rings. The second-order valence-electron chi connectivity index (χ2n) is 6.29. The first-order chi connectivity index (χ1) is 10.3. The van der Waals surface area contributed by atoms with Gasteiger partial charge in [-0.1, -0.05) is 12.1 Å². The van der Waals surface area contributed by atoms with E-state index in [4.69, 9.17) is 4.52 Å². The summed E-state index contributed by atoms with van der Waals surface area (Å²) in [6.45, 7) is 11.2. The Morgan fingerprint density at radius 3 is 2.81 bits per heavy atom. The number of fused-ring (bicyclic) bond motifs is 3. The molecule has 3 aliphatic heterocycles. The zero-order valence-corrected chi connectivity index (χ0v) is 13.2. The van der Waals surface area contributed by atoms with E-state index in [1.165, 1.54) is 19.5 Å². The van der Waals surface area contributed by atoms with Gasteiger partial charge < -0.3 is 9.84 Å². The van der Waals surface area contributed by atoms with E-state index in [2.05, 4.69) is 39.1 Å². The summed E-state index contributed by atoms with van der Waals surface area (Å²) in [4.78, 5) is 9.61. The molecule has 21 heavy (non-hydrogen) atoms. The number of nitrogens with zero attached hydrogens (tertiary/aromatic N) is 4. The van der Waals surface area contributed by atoms with Crippen molar-refractivity contribution in [3.05, 3.63) is 11.7 Å². The van der Waals surface area contributed by atoms with E-state index in [1.807, 2.05) is 0 Å². The van der Waals surface area contributed by atoms with Gasteiger partial charge in [0.05, 0.1) is 6.04 Å². The molecule has 1 aromatic heterocycles. The van der Waals surface area contributed by atoms with E-state index in [1.54, 1.807) is 0 Å². The largest absolute Gasteiger partial charge is 0.339 e. The summed E-state index contributed by atoms with van der Waals surface area (Å²) >= 11 is 0.